The van der Waals surface area contributed by atoms with Crippen LogP contribution in [0.2, 0.25) is 0 Å². The topological polar surface area (TPSA) is 287 Å². The van der Waals surface area contributed by atoms with Crippen LogP contribution in [-0.2, 0) is 66.4 Å². The van der Waals surface area contributed by atoms with E-state index in [1.54, 1.807) is 0 Å². The van der Waals surface area contributed by atoms with Gasteiger partial charge < -0.3 is 92.6 Å². The molecule has 1 unspecified atom stereocenters. The van der Waals surface area contributed by atoms with Crippen LogP contribution in [-0.4, -0.2) is 183 Å². The van der Waals surface area contributed by atoms with Gasteiger partial charge in [0.15, 0.2) is 25.2 Å². The number of carbonyl (C=O) groups is 2. The monoisotopic (exact) mass is 836 g/mol. The quantitative estimate of drug-likeness (QED) is 0.0408. The molecule has 0 amide bonds. The number of ether oxygens (including phenoxy) is 12. The van der Waals surface area contributed by atoms with Crippen molar-refractivity contribution < 1.29 is 102 Å². The van der Waals surface area contributed by atoms with Crippen molar-refractivity contribution >= 4 is 11.9 Å². The molecule has 2 saturated heterocycles. The second-order valence-corrected chi connectivity index (χ2v) is 13.8. The molecule has 21 nitrogen and oxygen atoms in total. The van der Waals surface area contributed by atoms with Crippen LogP contribution in [0.15, 0.2) is 49.0 Å². The summed E-state index contributed by atoms with van der Waals surface area (Å²) >= 11 is 0. The van der Waals surface area contributed by atoms with E-state index < -0.39 is 135 Å². The van der Waals surface area contributed by atoms with E-state index >= 15 is 0 Å². The van der Waals surface area contributed by atoms with Crippen LogP contribution in [0.5, 0.6) is 0 Å². The summed E-state index contributed by atoms with van der Waals surface area (Å²) in [5.41, 5.74) is 0.158. The molecule has 21 heteroatoms. The molecule has 0 spiro atoms. The summed E-state index contributed by atoms with van der Waals surface area (Å²) < 4.78 is 66.8. The van der Waals surface area contributed by atoms with E-state index in [1.807, 2.05) is 0 Å². The second kappa shape index (κ2) is 21.9. The zero-order valence-electron chi connectivity index (χ0n) is 32.8. The molecule has 0 radical (unpaired) electrons. The van der Waals surface area contributed by atoms with Crippen LogP contribution in [0.1, 0.15) is 12.8 Å². The summed E-state index contributed by atoms with van der Waals surface area (Å²) in [6, 6.07) is 0. The van der Waals surface area contributed by atoms with Gasteiger partial charge in [0.2, 0.25) is 12.6 Å². The van der Waals surface area contributed by atoms with Crippen molar-refractivity contribution in [2.24, 2.45) is 23.7 Å². The van der Waals surface area contributed by atoms with Gasteiger partial charge in [-0.15, -0.1) is 13.2 Å². The molecule has 0 aromatic carbocycles. The van der Waals surface area contributed by atoms with Crippen molar-refractivity contribution in [3.8, 4) is 0 Å². The largest absolute Gasteiger partial charge is 0.471 e. The molecule has 4 aliphatic rings. The Balaban J connectivity index is 1.49. The number of esters is 2. The fraction of sp³-hybridized carbons (Fsp3) is 0.730. The number of methoxy groups -OCH3 is 5. The maximum absolute atomic E-state index is 12.9. The highest BCUT2D eigenvalue weighted by molar-refractivity contribution is 5.89. The standard InChI is InChI=1S/C37H56O21/c1-8-16-18(10-24(47-3)48-4)20(32(45)50-6)13-53-34(16)58-37-31(44)29(42)27(40)23(56-37)15-52-25(49-5)11-19-17(9-2)35(54-14-21(19)33(46)51-7)57-36-30(43)28(41)26(39)22(12-38)55-36/h8-9,13-14,16-19,22-31,34-44H,1-2,10-12,15H2,3-7H3/t16-,17-,18+,19+,22-,23-,25?,26-,27-,28+,29+,30-,31-,34+,35+,36+,37+/m1/s1. The number of aliphatic hydroxyl groups excluding tert-OH is 7. The van der Waals surface area contributed by atoms with Gasteiger partial charge in [-0.25, -0.2) is 9.59 Å². The highest BCUT2D eigenvalue weighted by Gasteiger charge is 2.50. The zero-order chi connectivity index (χ0) is 42.8. The number of hydrogen-bond acceptors (Lipinski definition) is 21. The molecule has 0 aromatic heterocycles. The van der Waals surface area contributed by atoms with E-state index in [-0.39, 0.29) is 24.0 Å². The molecule has 0 bridgehead atoms. The summed E-state index contributed by atoms with van der Waals surface area (Å²) in [6.45, 7) is 6.54. The van der Waals surface area contributed by atoms with Crippen molar-refractivity contribution in [1.82, 2.24) is 0 Å². The first-order chi connectivity index (χ1) is 27.7. The second-order valence-electron chi connectivity index (χ2n) is 13.8. The third-order valence-corrected chi connectivity index (χ3v) is 10.6. The highest BCUT2D eigenvalue weighted by Crippen LogP contribution is 2.40. The molecule has 58 heavy (non-hydrogen) atoms. The van der Waals surface area contributed by atoms with Gasteiger partial charge in [-0.3, -0.25) is 0 Å². The normalized spacial score (nSPS) is 38.4. The Kier molecular flexibility index (Phi) is 18.0. The van der Waals surface area contributed by atoms with Crippen LogP contribution in [0.3, 0.4) is 0 Å². The van der Waals surface area contributed by atoms with Gasteiger partial charge in [-0.05, 0) is 0 Å². The Morgan fingerprint density at radius 1 is 0.638 bits per heavy atom. The minimum atomic E-state index is -1.79. The van der Waals surface area contributed by atoms with Gasteiger partial charge in [0.05, 0.1) is 51.1 Å². The maximum Gasteiger partial charge on any atom is 0.337 e. The Morgan fingerprint density at radius 2 is 1.05 bits per heavy atom. The lowest BCUT2D eigenvalue weighted by atomic mass is 9.81. The van der Waals surface area contributed by atoms with Gasteiger partial charge in [-0.1, -0.05) is 12.2 Å². The van der Waals surface area contributed by atoms with Crippen LogP contribution in [0.25, 0.3) is 0 Å². The van der Waals surface area contributed by atoms with Gasteiger partial charge in [0.1, 0.15) is 48.8 Å². The minimum Gasteiger partial charge on any atom is -0.471 e. The number of carbonyl (C=O) groups excluding carboxylic acids is 2. The van der Waals surface area contributed by atoms with Crippen LogP contribution < -0.4 is 0 Å². The van der Waals surface area contributed by atoms with E-state index in [1.165, 1.54) is 40.6 Å². The number of rotatable bonds is 19. The fourth-order valence-electron chi connectivity index (χ4n) is 7.18. The Morgan fingerprint density at radius 3 is 1.45 bits per heavy atom. The van der Waals surface area contributed by atoms with E-state index in [0.717, 1.165) is 19.6 Å². The first kappa shape index (κ1) is 47.6. The lowest BCUT2D eigenvalue weighted by Crippen LogP contribution is -2.60. The molecule has 0 saturated carbocycles. The number of aliphatic hydroxyl groups is 7. The molecular weight excluding hydrogens is 780 g/mol. The summed E-state index contributed by atoms with van der Waals surface area (Å²) in [5.74, 6) is -4.65. The fourth-order valence-corrected chi connectivity index (χ4v) is 7.18. The molecule has 0 aliphatic carbocycles. The molecule has 4 aliphatic heterocycles. The first-order valence-electron chi connectivity index (χ1n) is 18.4. The summed E-state index contributed by atoms with van der Waals surface area (Å²) in [7, 11) is 6.52. The van der Waals surface area contributed by atoms with Crippen molar-refractivity contribution in [2.75, 3.05) is 48.8 Å². The minimum absolute atomic E-state index is 0.0157. The zero-order valence-corrected chi connectivity index (χ0v) is 32.8. The van der Waals surface area contributed by atoms with Gasteiger partial charge in [0, 0.05) is 57.8 Å². The van der Waals surface area contributed by atoms with Crippen molar-refractivity contribution in [3.63, 3.8) is 0 Å². The number of hydrogen-bond donors (Lipinski definition) is 7. The van der Waals surface area contributed by atoms with Gasteiger partial charge in [-0.2, -0.15) is 0 Å². The molecule has 4 rings (SSSR count). The Hall–Kier alpha value is -3.10. The van der Waals surface area contributed by atoms with Crippen LogP contribution in [0, 0.1) is 23.7 Å². The smallest absolute Gasteiger partial charge is 0.337 e. The molecule has 2 fully saturated rings. The van der Waals surface area contributed by atoms with Crippen LogP contribution >= 0.6 is 0 Å². The average molecular weight is 837 g/mol. The molecule has 17 atom stereocenters. The van der Waals surface area contributed by atoms with E-state index in [4.69, 9.17) is 56.8 Å². The molecule has 4 heterocycles. The lowest BCUT2D eigenvalue weighted by Gasteiger charge is -2.44. The van der Waals surface area contributed by atoms with E-state index in [0.29, 0.717) is 0 Å². The van der Waals surface area contributed by atoms with Gasteiger partial charge in [0.25, 0.3) is 0 Å². The van der Waals surface area contributed by atoms with Crippen molar-refractivity contribution in [3.05, 3.63) is 49.0 Å². The third kappa shape index (κ3) is 10.6. The molecular formula is C37H56O21. The Bertz CT molecular complexity index is 1420. The molecule has 0 aromatic rings. The van der Waals surface area contributed by atoms with Crippen molar-refractivity contribution in [2.45, 2.75) is 99.4 Å². The van der Waals surface area contributed by atoms with E-state index in [2.05, 4.69) is 13.2 Å². The predicted octanol–water partition coefficient (Wildman–Crippen LogP) is -2.32. The lowest BCUT2D eigenvalue weighted by molar-refractivity contribution is -0.344. The molecule has 330 valence electrons. The molecule has 7 N–H and O–H groups in total. The first-order valence-corrected chi connectivity index (χ1v) is 18.4. The van der Waals surface area contributed by atoms with Gasteiger partial charge >= 0.3 is 11.9 Å². The van der Waals surface area contributed by atoms with Crippen LogP contribution in [0.4, 0.5) is 0 Å². The third-order valence-electron chi connectivity index (χ3n) is 10.6. The summed E-state index contributed by atoms with van der Waals surface area (Å²) in [6.07, 6.45) is -15.5. The van der Waals surface area contributed by atoms with Crippen molar-refractivity contribution in [1.29, 1.82) is 0 Å². The summed E-state index contributed by atoms with van der Waals surface area (Å²) in [5, 5.41) is 73.3. The average Bonchev–Trinajstić information content (AvgIpc) is 3.24. The predicted molar refractivity (Wildman–Crippen MR) is 191 cm³/mol. The highest BCUT2D eigenvalue weighted by atomic mass is 16.8. The van der Waals surface area contributed by atoms with E-state index in [9.17, 15) is 45.3 Å². The SMILES string of the molecule is C=C[C@H]1[C@H](O[C@@H]2O[C@H](CO)[C@@H](O)[C@H](O)[C@H]2O)OC=C(C(=O)OC)[C@H]1CC(OC)OC[C@H]1O[C@@H](O[C@@H]2OC=C(C(=O)OC)[C@@H](CC(OC)OC)[C@H]2C=C)[C@H](O)[C@@H](O)[C@@H]1O. The summed E-state index contributed by atoms with van der Waals surface area (Å²) in [4.78, 5) is 25.5. The Labute approximate surface area is 334 Å². The maximum atomic E-state index is 12.9.